The smallest absolute Gasteiger partial charge is 0.323 e. The lowest BCUT2D eigenvalue weighted by Gasteiger charge is -2.16. The predicted molar refractivity (Wildman–Crippen MR) is 71.8 cm³/mol. The van der Waals surface area contributed by atoms with Crippen LogP contribution in [0.3, 0.4) is 0 Å². The Balaban J connectivity index is 2.42. The summed E-state index contributed by atoms with van der Waals surface area (Å²) in [4.78, 5) is 11.7. The summed E-state index contributed by atoms with van der Waals surface area (Å²) in [6.07, 6.45) is 0.0684. The second-order valence-corrected chi connectivity index (χ2v) is 4.38. The molecule has 0 saturated carbocycles. The van der Waals surface area contributed by atoms with E-state index in [4.69, 9.17) is 20.3 Å². The van der Waals surface area contributed by atoms with Gasteiger partial charge in [0.2, 0.25) is 0 Å². The fraction of sp³-hybridized carbons (Fsp3) is 0.500. The molecule has 0 aliphatic carbocycles. The molecule has 0 saturated heterocycles. The molecule has 106 valence electrons. The van der Waals surface area contributed by atoms with Crippen LogP contribution in [0.5, 0.6) is 5.75 Å². The van der Waals surface area contributed by atoms with Gasteiger partial charge in [-0.1, -0.05) is 12.1 Å². The van der Waals surface area contributed by atoms with E-state index in [1.54, 1.807) is 31.2 Å². The number of nitrogens with two attached hydrogens (primary N) is 1. The largest absolute Gasteiger partial charge is 0.508 e. The summed E-state index contributed by atoms with van der Waals surface area (Å²) in [5.74, 6) is -0.259. The number of benzene rings is 1. The van der Waals surface area contributed by atoms with Gasteiger partial charge in [0.05, 0.1) is 6.61 Å². The second kappa shape index (κ2) is 7.76. The van der Waals surface area contributed by atoms with Crippen molar-refractivity contribution in [1.82, 2.24) is 0 Å². The highest BCUT2D eigenvalue weighted by molar-refractivity contribution is 5.76. The number of hydrogen-bond donors (Lipinski definition) is 2. The first-order valence-corrected chi connectivity index (χ1v) is 6.34. The summed E-state index contributed by atoms with van der Waals surface area (Å²) in [7, 11) is 0. The molecular formula is C14H21NO4. The van der Waals surface area contributed by atoms with Gasteiger partial charge in [0, 0.05) is 6.61 Å². The first-order valence-electron chi connectivity index (χ1n) is 6.34. The molecule has 3 N–H and O–H groups in total. The number of carbonyl (C=O) groups is 1. The molecule has 5 heteroatoms. The molecule has 0 radical (unpaired) electrons. The third-order valence-electron chi connectivity index (χ3n) is 2.57. The van der Waals surface area contributed by atoms with Crippen LogP contribution in [-0.2, 0) is 20.7 Å². The summed E-state index contributed by atoms with van der Waals surface area (Å²) in [6.45, 7) is 4.60. The first-order chi connectivity index (χ1) is 9.02. The Labute approximate surface area is 113 Å². The molecular weight excluding hydrogens is 246 g/mol. The minimum Gasteiger partial charge on any atom is -0.508 e. The van der Waals surface area contributed by atoms with Crippen molar-refractivity contribution in [2.45, 2.75) is 32.4 Å². The molecule has 0 aliphatic heterocycles. The molecule has 1 unspecified atom stereocenters. The van der Waals surface area contributed by atoms with E-state index in [0.717, 1.165) is 5.56 Å². The number of esters is 1. The fourth-order valence-corrected chi connectivity index (χ4v) is 1.57. The molecule has 1 aromatic carbocycles. The van der Waals surface area contributed by atoms with Gasteiger partial charge < -0.3 is 20.3 Å². The maximum atomic E-state index is 11.7. The Morgan fingerprint density at radius 3 is 2.58 bits per heavy atom. The van der Waals surface area contributed by atoms with E-state index in [1.165, 1.54) is 0 Å². The van der Waals surface area contributed by atoms with Gasteiger partial charge in [0.15, 0.2) is 0 Å². The van der Waals surface area contributed by atoms with E-state index in [0.29, 0.717) is 19.6 Å². The van der Waals surface area contributed by atoms with Gasteiger partial charge in [0.1, 0.15) is 17.9 Å². The molecule has 0 fully saturated rings. The van der Waals surface area contributed by atoms with Gasteiger partial charge >= 0.3 is 5.97 Å². The van der Waals surface area contributed by atoms with E-state index in [9.17, 15) is 4.79 Å². The van der Waals surface area contributed by atoms with Gasteiger partial charge in [-0.2, -0.15) is 0 Å². The monoisotopic (exact) mass is 267 g/mol. The summed E-state index contributed by atoms with van der Waals surface area (Å²) >= 11 is 0. The molecule has 1 aromatic rings. The number of phenols is 1. The van der Waals surface area contributed by atoms with E-state index in [1.807, 2.05) is 6.92 Å². The normalized spacial score (nSPS) is 13.8. The maximum absolute atomic E-state index is 11.7. The number of phenolic OH excluding ortho intramolecular Hbond substituents is 1. The lowest BCUT2D eigenvalue weighted by molar-refractivity contribution is -0.152. The van der Waals surface area contributed by atoms with Crippen LogP contribution in [0.25, 0.3) is 0 Å². The minimum atomic E-state index is -0.714. The van der Waals surface area contributed by atoms with Crippen molar-refractivity contribution in [3.63, 3.8) is 0 Å². The highest BCUT2D eigenvalue weighted by Gasteiger charge is 2.18. The second-order valence-electron chi connectivity index (χ2n) is 4.38. The van der Waals surface area contributed by atoms with Crippen LogP contribution in [-0.4, -0.2) is 36.4 Å². The summed E-state index contributed by atoms with van der Waals surface area (Å²) in [5.41, 5.74) is 6.66. The van der Waals surface area contributed by atoms with E-state index in [-0.39, 0.29) is 11.9 Å². The SMILES string of the molecule is CCOCC(C)OC(=O)[C@@H](N)Cc1ccc(O)cc1. The quantitative estimate of drug-likeness (QED) is 0.726. The Kier molecular flexibility index (Phi) is 6.32. The highest BCUT2D eigenvalue weighted by Crippen LogP contribution is 2.11. The minimum absolute atomic E-state index is 0.185. The lowest BCUT2D eigenvalue weighted by atomic mass is 10.1. The maximum Gasteiger partial charge on any atom is 0.323 e. The van der Waals surface area contributed by atoms with E-state index in [2.05, 4.69) is 0 Å². The summed E-state index contributed by atoms with van der Waals surface area (Å²) < 4.78 is 10.3. The van der Waals surface area contributed by atoms with E-state index < -0.39 is 12.0 Å². The number of ether oxygens (including phenoxy) is 2. The van der Waals surface area contributed by atoms with E-state index >= 15 is 0 Å². The molecule has 5 nitrogen and oxygen atoms in total. The van der Waals surface area contributed by atoms with Gasteiger partial charge in [-0.05, 0) is 38.0 Å². The third-order valence-corrected chi connectivity index (χ3v) is 2.57. The topological polar surface area (TPSA) is 81.8 Å². The predicted octanol–water partition coefficient (Wildman–Crippen LogP) is 1.23. The average Bonchev–Trinajstić information content (AvgIpc) is 2.39. The van der Waals surface area contributed by atoms with Crippen molar-refractivity contribution >= 4 is 5.97 Å². The van der Waals surface area contributed by atoms with Crippen LogP contribution >= 0.6 is 0 Å². The molecule has 19 heavy (non-hydrogen) atoms. The first kappa shape index (κ1) is 15.5. The van der Waals surface area contributed by atoms with Crippen molar-refractivity contribution < 1.29 is 19.4 Å². The average molecular weight is 267 g/mol. The number of rotatable bonds is 7. The van der Waals surface area contributed by atoms with Crippen molar-refractivity contribution in [3.05, 3.63) is 29.8 Å². The number of aromatic hydroxyl groups is 1. The standard InChI is InChI=1S/C14H21NO4/c1-3-18-9-10(2)19-14(17)13(15)8-11-4-6-12(16)7-5-11/h4-7,10,13,16H,3,8-9,15H2,1-2H3/t10?,13-/m0/s1. The van der Waals surface area contributed by atoms with Crippen molar-refractivity contribution in [3.8, 4) is 5.75 Å². The zero-order valence-electron chi connectivity index (χ0n) is 11.3. The van der Waals surface area contributed by atoms with Crippen LogP contribution in [0.4, 0.5) is 0 Å². The summed E-state index contributed by atoms with van der Waals surface area (Å²) in [6, 6.07) is 5.86. The molecule has 0 amide bonds. The third kappa shape index (κ3) is 5.72. The fourth-order valence-electron chi connectivity index (χ4n) is 1.57. The summed E-state index contributed by atoms with van der Waals surface area (Å²) in [5, 5.41) is 9.16. The van der Waals surface area contributed by atoms with Crippen LogP contribution in [0.2, 0.25) is 0 Å². The molecule has 0 heterocycles. The van der Waals surface area contributed by atoms with Crippen molar-refractivity contribution in [2.75, 3.05) is 13.2 Å². The zero-order valence-corrected chi connectivity index (χ0v) is 11.3. The van der Waals surface area contributed by atoms with Crippen LogP contribution in [0, 0.1) is 0 Å². The number of carbonyl (C=O) groups excluding carboxylic acids is 1. The highest BCUT2D eigenvalue weighted by atomic mass is 16.6. The van der Waals surface area contributed by atoms with Gasteiger partial charge in [-0.3, -0.25) is 4.79 Å². The lowest BCUT2D eigenvalue weighted by Crippen LogP contribution is -2.37. The molecule has 1 rings (SSSR count). The van der Waals surface area contributed by atoms with Crippen LogP contribution in [0.15, 0.2) is 24.3 Å². The Bertz CT molecular complexity index is 391. The van der Waals surface area contributed by atoms with Gasteiger partial charge in [0.25, 0.3) is 0 Å². The van der Waals surface area contributed by atoms with Gasteiger partial charge in [-0.15, -0.1) is 0 Å². The Hall–Kier alpha value is -1.59. The van der Waals surface area contributed by atoms with Crippen molar-refractivity contribution in [1.29, 1.82) is 0 Å². The Morgan fingerprint density at radius 1 is 1.37 bits per heavy atom. The Morgan fingerprint density at radius 2 is 2.00 bits per heavy atom. The number of hydrogen-bond acceptors (Lipinski definition) is 5. The molecule has 0 aromatic heterocycles. The van der Waals surface area contributed by atoms with Crippen LogP contribution in [0.1, 0.15) is 19.4 Å². The molecule has 0 spiro atoms. The molecule has 2 atom stereocenters. The van der Waals surface area contributed by atoms with Crippen molar-refractivity contribution in [2.24, 2.45) is 5.73 Å². The van der Waals surface area contributed by atoms with Gasteiger partial charge in [-0.25, -0.2) is 0 Å². The van der Waals surface area contributed by atoms with Crippen LogP contribution < -0.4 is 5.73 Å². The molecule has 0 bridgehead atoms. The zero-order chi connectivity index (χ0) is 14.3. The molecule has 0 aliphatic rings.